The number of carbonyl (C=O) groups is 1. The van der Waals surface area contributed by atoms with Crippen molar-refractivity contribution >= 4 is 5.97 Å². The molecular formula is C36H38O3. The molecule has 2 aromatic carbocycles. The number of benzene rings is 2. The van der Waals surface area contributed by atoms with Gasteiger partial charge in [-0.05, 0) is 86.6 Å². The van der Waals surface area contributed by atoms with Crippen LogP contribution in [0.4, 0.5) is 0 Å². The van der Waals surface area contributed by atoms with Gasteiger partial charge in [0, 0.05) is 23.3 Å². The van der Waals surface area contributed by atoms with Crippen LogP contribution in [0.5, 0.6) is 5.75 Å². The van der Waals surface area contributed by atoms with Crippen molar-refractivity contribution in [2.75, 3.05) is 13.7 Å². The van der Waals surface area contributed by atoms with Gasteiger partial charge in [0.1, 0.15) is 5.75 Å². The molecule has 5 rings (SSSR count). The van der Waals surface area contributed by atoms with E-state index in [2.05, 4.69) is 82.0 Å². The minimum absolute atomic E-state index is 0.0213. The highest BCUT2D eigenvalue weighted by Gasteiger charge is 2.43. The summed E-state index contributed by atoms with van der Waals surface area (Å²) in [5, 5.41) is 0. The first-order valence-electron chi connectivity index (χ1n) is 13.8. The van der Waals surface area contributed by atoms with Crippen LogP contribution in [-0.2, 0) is 9.53 Å². The first-order chi connectivity index (χ1) is 18.7. The Morgan fingerprint density at radius 2 is 1.62 bits per heavy atom. The summed E-state index contributed by atoms with van der Waals surface area (Å²) in [6, 6.07) is 16.9. The molecule has 0 N–H and O–H groups in total. The standard InChI is InChI=1S/C36H38O3/c1-8-39-36(37)33-23(4)18-30-20-29(25(6)34(30)35(33)27-13-15-31(38-7)16-14-27)19-28-17-22(3)32(24(28)5)26-11-9-21(2)10-12-26/h9-19,32,34-35H,6,8,20H2,1-5,7H3. The highest BCUT2D eigenvalue weighted by Crippen LogP contribution is 2.54. The van der Waals surface area contributed by atoms with E-state index >= 15 is 0 Å². The summed E-state index contributed by atoms with van der Waals surface area (Å²) in [6.07, 6.45) is 7.68. The summed E-state index contributed by atoms with van der Waals surface area (Å²) in [7, 11) is 1.67. The van der Waals surface area contributed by atoms with Crippen molar-refractivity contribution in [1.29, 1.82) is 0 Å². The van der Waals surface area contributed by atoms with Gasteiger partial charge in [-0.1, -0.05) is 83.5 Å². The molecule has 3 aliphatic carbocycles. The molecule has 200 valence electrons. The number of hydrogen-bond acceptors (Lipinski definition) is 3. The topological polar surface area (TPSA) is 35.5 Å². The third kappa shape index (κ3) is 4.87. The Hall–Kier alpha value is -3.85. The van der Waals surface area contributed by atoms with Gasteiger partial charge < -0.3 is 9.47 Å². The van der Waals surface area contributed by atoms with E-state index in [9.17, 15) is 4.79 Å². The van der Waals surface area contributed by atoms with Crippen molar-refractivity contribution in [3.63, 3.8) is 0 Å². The van der Waals surface area contributed by atoms with E-state index in [0.29, 0.717) is 12.5 Å². The van der Waals surface area contributed by atoms with Gasteiger partial charge >= 0.3 is 5.97 Å². The lowest BCUT2D eigenvalue weighted by Crippen LogP contribution is -2.25. The summed E-state index contributed by atoms with van der Waals surface area (Å²) in [4.78, 5) is 13.2. The molecule has 3 unspecified atom stereocenters. The van der Waals surface area contributed by atoms with Crippen LogP contribution in [0.15, 0.2) is 118 Å². The Morgan fingerprint density at radius 3 is 2.26 bits per heavy atom. The van der Waals surface area contributed by atoms with E-state index in [1.165, 1.54) is 39.0 Å². The maximum Gasteiger partial charge on any atom is 0.334 e. The molecule has 39 heavy (non-hydrogen) atoms. The number of fused-ring (bicyclic) bond motifs is 1. The van der Waals surface area contributed by atoms with Gasteiger partial charge in [-0.2, -0.15) is 0 Å². The first-order valence-corrected chi connectivity index (χ1v) is 13.8. The van der Waals surface area contributed by atoms with Gasteiger partial charge in [0.15, 0.2) is 0 Å². The molecule has 1 fully saturated rings. The minimum Gasteiger partial charge on any atom is -0.497 e. The molecule has 2 aromatic rings. The molecule has 0 aromatic heterocycles. The maximum absolute atomic E-state index is 13.2. The summed E-state index contributed by atoms with van der Waals surface area (Å²) < 4.78 is 10.9. The van der Waals surface area contributed by atoms with Crippen LogP contribution in [0.2, 0.25) is 0 Å². The molecule has 3 atom stereocenters. The normalized spacial score (nSPS) is 23.7. The zero-order chi connectivity index (χ0) is 27.8. The van der Waals surface area contributed by atoms with E-state index in [1.54, 1.807) is 7.11 Å². The van der Waals surface area contributed by atoms with E-state index in [-0.39, 0.29) is 17.8 Å². The van der Waals surface area contributed by atoms with Crippen molar-refractivity contribution in [3.05, 3.63) is 135 Å². The molecule has 0 heterocycles. The van der Waals surface area contributed by atoms with Crippen LogP contribution < -0.4 is 4.74 Å². The number of allylic oxidation sites excluding steroid dienone is 10. The fourth-order valence-corrected chi connectivity index (χ4v) is 6.57. The van der Waals surface area contributed by atoms with Crippen LogP contribution in [0.25, 0.3) is 0 Å². The average Bonchev–Trinajstić information content (AvgIpc) is 3.38. The summed E-state index contributed by atoms with van der Waals surface area (Å²) >= 11 is 0. The van der Waals surface area contributed by atoms with Gasteiger partial charge in [0.2, 0.25) is 0 Å². The molecule has 3 heteroatoms. The lowest BCUT2D eigenvalue weighted by Gasteiger charge is -2.32. The first kappa shape index (κ1) is 26.7. The molecule has 1 saturated carbocycles. The van der Waals surface area contributed by atoms with Crippen molar-refractivity contribution in [2.45, 2.75) is 52.9 Å². The Balaban J connectivity index is 1.54. The smallest absolute Gasteiger partial charge is 0.334 e. The molecule has 3 nitrogen and oxygen atoms in total. The van der Waals surface area contributed by atoms with Gasteiger partial charge in [-0.3, -0.25) is 0 Å². The van der Waals surface area contributed by atoms with Crippen LogP contribution in [0, 0.1) is 12.8 Å². The Bertz CT molecular complexity index is 1470. The van der Waals surface area contributed by atoms with Gasteiger partial charge in [-0.15, -0.1) is 0 Å². The number of aryl methyl sites for hydroxylation is 1. The summed E-state index contributed by atoms with van der Waals surface area (Å²) in [5.74, 6) is 0.728. The fourth-order valence-electron chi connectivity index (χ4n) is 6.57. The van der Waals surface area contributed by atoms with Crippen LogP contribution >= 0.6 is 0 Å². The van der Waals surface area contributed by atoms with E-state index in [4.69, 9.17) is 9.47 Å². The number of esters is 1. The van der Waals surface area contributed by atoms with Gasteiger partial charge in [-0.25, -0.2) is 4.79 Å². The zero-order valence-electron chi connectivity index (χ0n) is 23.9. The summed E-state index contributed by atoms with van der Waals surface area (Å²) in [5.41, 5.74) is 13.0. The second-order valence-electron chi connectivity index (χ2n) is 11.0. The summed E-state index contributed by atoms with van der Waals surface area (Å²) in [6.45, 7) is 15.4. The predicted molar refractivity (Wildman–Crippen MR) is 159 cm³/mol. The van der Waals surface area contributed by atoms with Gasteiger partial charge in [0.05, 0.1) is 13.7 Å². The molecule has 0 bridgehead atoms. The maximum atomic E-state index is 13.2. The monoisotopic (exact) mass is 518 g/mol. The SMILES string of the molecule is C=C1C(=CC2=C(C)C(c3ccc(C)cc3)C(C)=C2)CC2=CC(C)=C(C(=O)OCC)C(c3ccc(OC)cc3)C12. The van der Waals surface area contributed by atoms with Crippen molar-refractivity contribution in [1.82, 2.24) is 0 Å². The molecule has 3 aliphatic rings. The molecular weight excluding hydrogens is 480 g/mol. The van der Waals surface area contributed by atoms with E-state index in [1.807, 2.05) is 26.0 Å². The Morgan fingerprint density at radius 1 is 0.949 bits per heavy atom. The minimum atomic E-state index is -0.245. The fraction of sp³-hybridized carbons (Fsp3) is 0.306. The van der Waals surface area contributed by atoms with Crippen molar-refractivity contribution in [2.24, 2.45) is 5.92 Å². The molecule has 0 aliphatic heterocycles. The predicted octanol–water partition coefficient (Wildman–Crippen LogP) is 8.47. The lowest BCUT2D eigenvalue weighted by molar-refractivity contribution is -0.139. The van der Waals surface area contributed by atoms with Crippen LogP contribution in [-0.4, -0.2) is 19.7 Å². The molecule has 0 spiro atoms. The Labute approximate surface area is 232 Å². The largest absolute Gasteiger partial charge is 0.497 e. The number of rotatable bonds is 6. The number of methoxy groups -OCH3 is 1. The van der Waals surface area contributed by atoms with Gasteiger partial charge in [0.25, 0.3) is 0 Å². The van der Waals surface area contributed by atoms with E-state index in [0.717, 1.165) is 34.5 Å². The quantitative estimate of drug-likeness (QED) is 0.360. The molecule has 0 radical (unpaired) electrons. The Kier molecular flexibility index (Phi) is 7.36. The van der Waals surface area contributed by atoms with Crippen molar-refractivity contribution in [3.8, 4) is 5.75 Å². The lowest BCUT2D eigenvalue weighted by atomic mass is 9.71. The second-order valence-corrected chi connectivity index (χ2v) is 11.0. The third-order valence-electron chi connectivity index (χ3n) is 8.49. The number of carbonyl (C=O) groups excluding carboxylic acids is 1. The average molecular weight is 519 g/mol. The molecule has 0 saturated heterocycles. The van der Waals surface area contributed by atoms with Crippen LogP contribution in [0.1, 0.15) is 62.6 Å². The molecule has 0 amide bonds. The second kappa shape index (κ2) is 10.7. The highest BCUT2D eigenvalue weighted by molar-refractivity contribution is 5.93. The number of hydrogen-bond donors (Lipinski definition) is 0. The third-order valence-corrected chi connectivity index (χ3v) is 8.49. The van der Waals surface area contributed by atoms with E-state index < -0.39 is 0 Å². The van der Waals surface area contributed by atoms with Crippen LogP contribution in [0.3, 0.4) is 0 Å². The van der Waals surface area contributed by atoms with Crippen molar-refractivity contribution < 1.29 is 14.3 Å². The number of ether oxygens (including phenoxy) is 2. The zero-order valence-corrected chi connectivity index (χ0v) is 23.9. The highest BCUT2D eigenvalue weighted by atomic mass is 16.5.